The Bertz CT molecular complexity index is 1090. The van der Waals surface area contributed by atoms with Gasteiger partial charge in [-0.25, -0.2) is 9.59 Å². The zero-order valence-corrected chi connectivity index (χ0v) is 20.5. The van der Waals surface area contributed by atoms with Gasteiger partial charge in [-0.1, -0.05) is 61.9 Å². The van der Waals surface area contributed by atoms with Crippen LogP contribution in [0.25, 0.3) is 11.1 Å². The van der Waals surface area contributed by atoms with Crippen LogP contribution in [0.2, 0.25) is 0 Å². The fourth-order valence-electron chi connectivity index (χ4n) is 5.78. The summed E-state index contributed by atoms with van der Waals surface area (Å²) in [6, 6.07) is 15.2. The fourth-order valence-corrected chi connectivity index (χ4v) is 7.13. The number of hydrogen-bond donors (Lipinski definition) is 2. The minimum atomic E-state index is -0.971. The van der Waals surface area contributed by atoms with Crippen LogP contribution in [0, 0.1) is 5.92 Å². The maximum Gasteiger partial charge on any atom is 0.407 e. The van der Waals surface area contributed by atoms with Gasteiger partial charge >= 0.3 is 12.1 Å². The van der Waals surface area contributed by atoms with E-state index in [0.29, 0.717) is 25.0 Å². The predicted molar refractivity (Wildman–Crippen MR) is 134 cm³/mol. The van der Waals surface area contributed by atoms with E-state index in [1.54, 1.807) is 0 Å². The Morgan fingerprint density at radius 2 is 1.71 bits per heavy atom. The Hall–Kier alpha value is -3.00. The van der Waals surface area contributed by atoms with E-state index in [9.17, 15) is 19.5 Å². The second kappa shape index (κ2) is 9.93. The molecule has 1 aliphatic heterocycles. The normalized spacial score (nSPS) is 25.2. The summed E-state index contributed by atoms with van der Waals surface area (Å²) >= 11 is 1.51. The molecule has 2 fully saturated rings. The third-order valence-corrected chi connectivity index (χ3v) is 8.91. The number of nitrogens with one attached hydrogen (secondary N) is 1. The van der Waals surface area contributed by atoms with Crippen molar-refractivity contribution in [2.45, 2.75) is 56.0 Å². The first-order chi connectivity index (χ1) is 17.0. The summed E-state index contributed by atoms with van der Waals surface area (Å²) in [6.45, 7) is 2.18. The summed E-state index contributed by atoms with van der Waals surface area (Å²) < 4.78 is 5.68. The first-order valence-electron chi connectivity index (χ1n) is 12.3. The molecule has 1 heterocycles. The molecule has 2 amide bonds. The van der Waals surface area contributed by atoms with Gasteiger partial charge in [-0.15, -0.1) is 11.8 Å². The van der Waals surface area contributed by atoms with Crippen LogP contribution in [-0.4, -0.2) is 57.8 Å². The molecular weight excluding hydrogens is 464 g/mol. The fraction of sp³-hybridized carbons (Fsp3) is 0.444. The van der Waals surface area contributed by atoms with Crippen LogP contribution in [0.5, 0.6) is 0 Å². The van der Waals surface area contributed by atoms with Gasteiger partial charge in [0.25, 0.3) is 0 Å². The van der Waals surface area contributed by atoms with Gasteiger partial charge in [0.1, 0.15) is 12.6 Å². The molecule has 0 spiro atoms. The van der Waals surface area contributed by atoms with Crippen LogP contribution in [0.1, 0.15) is 49.7 Å². The highest BCUT2D eigenvalue weighted by Crippen LogP contribution is 2.44. The van der Waals surface area contributed by atoms with Crippen molar-refractivity contribution in [1.29, 1.82) is 0 Å². The van der Waals surface area contributed by atoms with Crippen LogP contribution in [-0.2, 0) is 14.3 Å². The minimum Gasteiger partial charge on any atom is -0.480 e. The average molecular weight is 495 g/mol. The summed E-state index contributed by atoms with van der Waals surface area (Å²) in [5, 5.41) is 12.4. The smallest absolute Gasteiger partial charge is 0.407 e. The van der Waals surface area contributed by atoms with Crippen LogP contribution in [0.4, 0.5) is 4.79 Å². The van der Waals surface area contributed by atoms with Crippen LogP contribution in [0.3, 0.4) is 0 Å². The van der Waals surface area contributed by atoms with Crippen LogP contribution < -0.4 is 5.32 Å². The van der Waals surface area contributed by atoms with Crippen molar-refractivity contribution in [1.82, 2.24) is 10.2 Å². The Morgan fingerprint density at radius 1 is 1.06 bits per heavy atom. The molecule has 2 aliphatic carbocycles. The van der Waals surface area contributed by atoms with Crippen molar-refractivity contribution in [3.8, 4) is 11.1 Å². The van der Waals surface area contributed by atoms with E-state index >= 15 is 0 Å². The number of benzene rings is 2. The molecule has 4 unspecified atom stereocenters. The number of hydrogen-bond acceptors (Lipinski definition) is 5. The molecule has 1 saturated carbocycles. The summed E-state index contributed by atoms with van der Waals surface area (Å²) in [5.74, 6) is -1.20. The second-order valence-corrected chi connectivity index (χ2v) is 10.6. The summed E-state index contributed by atoms with van der Waals surface area (Å²) in [4.78, 5) is 39.5. The molecule has 5 rings (SSSR count). The van der Waals surface area contributed by atoms with Gasteiger partial charge in [0.05, 0.1) is 11.3 Å². The molecule has 8 heteroatoms. The number of carbonyl (C=O) groups excluding carboxylic acids is 2. The minimum absolute atomic E-state index is 0.0302. The van der Waals surface area contributed by atoms with Crippen molar-refractivity contribution in [2.75, 3.05) is 12.4 Å². The molecule has 2 N–H and O–H groups in total. The van der Waals surface area contributed by atoms with E-state index in [1.807, 2.05) is 31.2 Å². The Balaban J connectivity index is 1.24. The monoisotopic (exact) mass is 494 g/mol. The number of carboxylic acids is 1. The van der Waals surface area contributed by atoms with Gasteiger partial charge in [-0.3, -0.25) is 4.79 Å². The maximum atomic E-state index is 13.4. The van der Waals surface area contributed by atoms with E-state index in [0.717, 1.165) is 17.5 Å². The van der Waals surface area contributed by atoms with Crippen molar-refractivity contribution in [2.24, 2.45) is 5.92 Å². The third kappa shape index (κ3) is 4.40. The second-order valence-electron chi connectivity index (χ2n) is 9.41. The number of rotatable bonds is 6. The zero-order chi connectivity index (χ0) is 24.5. The van der Waals surface area contributed by atoms with Crippen molar-refractivity contribution < 1.29 is 24.2 Å². The predicted octanol–water partition coefficient (Wildman–Crippen LogP) is 4.46. The lowest BCUT2D eigenvalue weighted by molar-refractivity contribution is -0.151. The van der Waals surface area contributed by atoms with Gasteiger partial charge < -0.3 is 20.1 Å². The highest BCUT2D eigenvalue weighted by Gasteiger charge is 2.46. The van der Waals surface area contributed by atoms with Crippen molar-refractivity contribution >= 4 is 29.7 Å². The molecule has 0 aromatic heterocycles. The number of ether oxygens (including phenoxy) is 1. The molecule has 7 nitrogen and oxygen atoms in total. The number of fused-ring (bicyclic) bond motifs is 3. The van der Waals surface area contributed by atoms with Gasteiger partial charge in [0, 0.05) is 17.7 Å². The van der Waals surface area contributed by atoms with E-state index in [-0.39, 0.29) is 29.8 Å². The Labute approximate surface area is 209 Å². The molecule has 0 radical (unpaired) electrons. The lowest BCUT2D eigenvalue weighted by Crippen LogP contribution is -2.51. The summed E-state index contributed by atoms with van der Waals surface area (Å²) in [7, 11) is 0. The summed E-state index contributed by atoms with van der Waals surface area (Å²) in [5.41, 5.74) is 4.63. The van der Waals surface area contributed by atoms with Gasteiger partial charge in [0.2, 0.25) is 5.91 Å². The Morgan fingerprint density at radius 3 is 2.34 bits per heavy atom. The largest absolute Gasteiger partial charge is 0.480 e. The van der Waals surface area contributed by atoms with Crippen molar-refractivity contribution in [3.63, 3.8) is 0 Å². The molecular formula is C27H30N2O5S. The molecule has 4 atom stereocenters. The van der Waals surface area contributed by atoms with Gasteiger partial charge in [-0.05, 0) is 41.5 Å². The number of aliphatic carboxylic acids is 1. The van der Waals surface area contributed by atoms with Crippen LogP contribution >= 0.6 is 11.8 Å². The van der Waals surface area contributed by atoms with E-state index in [4.69, 9.17) is 4.74 Å². The highest BCUT2D eigenvalue weighted by atomic mass is 32.2. The average Bonchev–Trinajstić information content (AvgIpc) is 3.58. The van der Waals surface area contributed by atoms with E-state index < -0.39 is 24.0 Å². The van der Waals surface area contributed by atoms with E-state index in [2.05, 4.69) is 29.6 Å². The number of nitrogens with zero attached hydrogens (tertiary/aromatic N) is 1. The summed E-state index contributed by atoms with van der Waals surface area (Å²) in [6.07, 6.45) is 2.28. The first-order valence-corrected chi connectivity index (χ1v) is 13.3. The lowest BCUT2D eigenvalue weighted by Gasteiger charge is -2.31. The van der Waals surface area contributed by atoms with Crippen LogP contribution in [0.15, 0.2) is 48.5 Å². The first kappa shape index (κ1) is 23.7. The SMILES string of the molecule is CCC1SCC(C(=O)O)N1C(=O)C1CCCC1NC(=O)OCC1c2ccccc2-c2ccccc21. The topological polar surface area (TPSA) is 95.9 Å². The number of amides is 2. The number of carbonyl (C=O) groups is 3. The molecule has 35 heavy (non-hydrogen) atoms. The number of alkyl carbamates (subject to hydrolysis) is 1. The molecule has 184 valence electrons. The zero-order valence-electron chi connectivity index (χ0n) is 19.7. The molecule has 2 aromatic carbocycles. The lowest BCUT2D eigenvalue weighted by atomic mass is 9.98. The number of carboxylic acid groups (broad SMARTS) is 1. The van der Waals surface area contributed by atoms with E-state index in [1.165, 1.54) is 27.8 Å². The molecule has 3 aliphatic rings. The maximum absolute atomic E-state index is 13.4. The van der Waals surface area contributed by atoms with Gasteiger partial charge in [0.15, 0.2) is 0 Å². The third-order valence-electron chi connectivity index (χ3n) is 7.46. The molecule has 0 bridgehead atoms. The quantitative estimate of drug-likeness (QED) is 0.616. The standard InChI is InChI=1S/C27H30N2O5S/c1-2-24-29(23(15-35-24)26(31)32)25(30)20-12-7-13-22(20)28-27(33)34-14-21-18-10-5-3-8-16(18)17-9-4-6-11-19(17)21/h3-6,8-11,20-24H,2,7,12-15H2,1H3,(H,28,33)(H,31,32). The Kier molecular flexibility index (Phi) is 6.73. The van der Waals surface area contributed by atoms with Gasteiger partial charge in [-0.2, -0.15) is 0 Å². The number of thioether (sulfide) groups is 1. The molecule has 1 saturated heterocycles. The van der Waals surface area contributed by atoms with Crippen molar-refractivity contribution in [3.05, 3.63) is 59.7 Å². The molecule has 2 aromatic rings. The highest BCUT2D eigenvalue weighted by molar-refractivity contribution is 8.00.